The number of nitrogens with zero attached hydrogens (tertiary/aromatic N) is 2. The first kappa shape index (κ1) is 34.5. The molecule has 9 heteroatoms. The van der Waals surface area contributed by atoms with Crippen LogP contribution in [0.4, 0.5) is 5.69 Å². The van der Waals surface area contributed by atoms with Gasteiger partial charge in [0.05, 0.1) is 26.5 Å². The van der Waals surface area contributed by atoms with Crippen molar-refractivity contribution in [3.63, 3.8) is 0 Å². The first-order valence-corrected chi connectivity index (χ1v) is 20.1. The lowest BCUT2D eigenvalue weighted by Gasteiger charge is -2.26. The zero-order chi connectivity index (χ0) is 37.4. The van der Waals surface area contributed by atoms with Crippen molar-refractivity contribution in [1.82, 2.24) is 4.57 Å². The number of thiophene rings is 2. The van der Waals surface area contributed by atoms with E-state index in [-0.39, 0.29) is 16.6 Å². The highest BCUT2D eigenvalue weighted by molar-refractivity contribution is 7.14. The minimum absolute atomic E-state index is 0.0709. The van der Waals surface area contributed by atoms with E-state index >= 15 is 0 Å². The molecule has 0 bridgehead atoms. The van der Waals surface area contributed by atoms with Crippen molar-refractivity contribution in [3.8, 4) is 55.3 Å². The summed E-state index contributed by atoms with van der Waals surface area (Å²) in [7, 11) is 0. The Morgan fingerprint density at radius 3 is 1.70 bits per heavy atom. The fourth-order valence-corrected chi connectivity index (χ4v) is 9.16. The zero-order valence-corrected chi connectivity index (χ0v) is 32.9. The van der Waals surface area contributed by atoms with Gasteiger partial charge in [-0.2, -0.15) is 0 Å². The molecule has 0 unspecified atom stereocenters. The number of phenols is 1. The van der Waals surface area contributed by atoms with E-state index in [1.54, 1.807) is 28.9 Å². The second kappa shape index (κ2) is 13.0. The zero-order valence-electron chi connectivity index (χ0n) is 31.3. The highest BCUT2D eigenvalue weighted by Gasteiger charge is 2.26. The lowest BCUT2D eigenvalue weighted by atomic mass is 9.79. The summed E-state index contributed by atoms with van der Waals surface area (Å²) in [6, 6.07) is 25.8. The molecule has 4 aromatic carbocycles. The minimum atomic E-state index is -0.212. The SMILES string of the molecule is CC(C)(C)c1cc(C=Nc2ccc(-n3c4ccc(-c5scc6c5OCCO6)cc4c4cc(-c5scc6c5OCCO6)ccc43)cc2)c(O)c(C(C)(C)C)c1. The maximum absolute atomic E-state index is 11.3. The first-order chi connectivity index (χ1) is 25.9. The van der Waals surface area contributed by atoms with Crippen LogP contribution in [-0.2, 0) is 10.8 Å². The number of aliphatic imine (C=N–C) groups is 1. The first-order valence-electron chi connectivity index (χ1n) is 18.3. The van der Waals surface area contributed by atoms with E-state index in [1.165, 1.54) is 5.56 Å². The number of benzene rings is 4. The van der Waals surface area contributed by atoms with Gasteiger partial charge in [-0.3, -0.25) is 4.99 Å². The topological polar surface area (TPSA) is 74.4 Å². The summed E-state index contributed by atoms with van der Waals surface area (Å²) in [5.74, 6) is 3.54. The van der Waals surface area contributed by atoms with E-state index in [1.807, 2.05) is 22.9 Å². The molecule has 274 valence electrons. The normalized spacial score (nSPS) is 14.4. The third-order valence-electron chi connectivity index (χ3n) is 10.2. The summed E-state index contributed by atoms with van der Waals surface area (Å²) in [4.78, 5) is 6.98. The van der Waals surface area contributed by atoms with Crippen molar-refractivity contribution in [1.29, 1.82) is 0 Å². The molecule has 2 aliphatic rings. The Hall–Kier alpha value is -5.25. The smallest absolute Gasteiger partial charge is 0.179 e. The van der Waals surface area contributed by atoms with Crippen molar-refractivity contribution >= 4 is 56.4 Å². The van der Waals surface area contributed by atoms with Gasteiger partial charge in [-0.05, 0) is 82.1 Å². The fraction of sp³-hybridized carbons (Fsp3) is 0.267. The molecule has 0 spiro atoms. The van der Waals surface area contributed by atoms with Gasteiger partial charge in [0.25, 0.3) is 0 Å². The Bertz CT molecular complexity index is 2480. The van der Waals surface area contributed by atoms with Crippen LogP contribution in [0.25, 0.3) is 48.4 Å². The van der Waals surface area contributed by atoms with Crippen molar-refractivity contribution in [3.05, 3.63) is 100 Å². The van der Waals surface area contributed by atoms with Crippen LogP contribution in [0.15, 0.2) is 88.5 Å². The van der Waals surface area contributed by atoms with Gasteiger partial charge in [0, 0.05) is 44.6 Å². The van der Waals surface area contributed by atoms with Crippen molar-refractivity contribution < 1.29 is 24.1 Å². The van der Waals surface area contributed by atoms with E-state index in [4.69, 9.17) is 23.9 Å². The van der Waals surface area contributed by atoms with Crippen LogP contribution in [0.5, 0.6) is 28.7 Å². The number of aromatic hydroxyl groups is 1. The van der Waals surface area contributed by atoms with Gasteiger partial charge in [-0.25, -0.2) is 0 Å². The Morgan fingerprint density at radius 1 is 0.648 bits per heavy atom. The highest BCUT2D eigenvalue weighted by Crippen LogP contribution is 2.49. The summed E-state index contributed by atoms with van der Waals surface area (Å²) in [6.07, 6.45) is 1.79. The highest BCUT2D eigenvalue weighted by atomic mass is 32.1. The molecular weight excluding hydrogens is 713 g/mol. The lowest BCUT2D eigenvalue weighted by Crippen LogP contribution is -2.17. The number of aromatic nitrogens is 1. The number of hydrogen-bond acceptors (Lipinski definition) is 8. The second-order valence-corrected chi connectivity index (χ2v) is 17.7. The molecule has 54 heavy (non-hydrogen) atoms. The molecule has 1 N–H and O–H groups in total. The summed E-state index contributed by atoms with van der Waals surface area (Å²) >= 11 is 3.29. The molecule has 0 radical (unpaired) electrons. The second-order valence-electron chi connectivity index (χ2n) is 15.9. The maximum Gasteiger partial charge on any atom is 0.179 e. The molecule has 0 fully saturated rings. The van der Waals surface area contributed by atoms with Gasteiger partial charge >= 0.3 is 0 Å². The molecule has 0 saturated heterocycles. The largest absolute Gasteiger partial charge is 0.507 e. The molecule has 0 atom stereocenters. The van der Waals surface area contributed by atoms with E-state index in [0.717, 1.165) is 88.2 Å². The minimum Gasteiger partial charge on any atom is -0.507 e. The van der Waals surface area contributed by atoms with Gasteiger partial charge in [0.15, 0.2) is 23.0 Å². The summed E-state index contributed by atoms with van der Waals surface area (Å²) in [5, 5.41) is 17.7. The van der Waals surface area contributed by atoms with Crippen LogP contribution in [0.1, 0.15) is 58.2 Å². The molecule has 7 nitrogen and oxygen atoms in total. The van der Waals surface area contributed by atoms with Gasteiger partial charge in [0.2, 0.25) is 0 Å². The third kappa shape index (κ3) is 6.00. The van der Waals surface area contributed by atoms with Gasteiger partial charge in [-0.1, -0.05) is 59.7 Å². The molecule has 0 saturated carbocycles. The predicted octanol–water partition coefficient (Wildman–Crippen LogP) is 11.8. The molecule has 2 aliphatic heterocycles. The van der Waals surface area contributed by atoms with E-state index in [9.17, 15) is 5.11 Å². The summed E-state index contributed by atoms with van der Waals surface area (Å²) < 4.78 is 26.2. The van der Waals surface area contributed by atoms with Crippen LogP contribution in [0, 0.1) is 0 Å². The number of ether oxygens (including phenoxy) is 4. The Balaban J connectivity index is 1.14. The quantitative estimate of drug-likeness (QED) is 0.177. The van der Waals surface area contributed by atoms with Crippen LogP contribution in [-0.4, -0.2) is 42.3 Å². The lowest BCUT2D eigenvalue weighted by molar-refractivity contribution is 0.174. The van der Waals surface area contributed by atoms with Gasteiger partial charge in [-0.15, -0.1) is 22.7 Å². The molecule has 7 aromatic rings. The number of fused-ring (bicyclic) bond motifs is 5. The number of rotatable bonds is 5. The monoisotopic (exact) mass is 754 g/mol. The van der Waals surface area contributed by atoms with E-state index in [2.05, 4.69) is 107 Å². The molecule has 5 heterocycles. The molecular formula is C45H42N2O5S2. The molecule has 0 aliphatic carbocycles. The van der Waals surface area contributed by atoms with E-state index < -0.39 is 0 Å². The maximum atomic E-state index is 11.3. The summed E-state index contributed by atoms with van der Waals surface area (Å²) in [6.45, 7) is 15.2. The van der Waals surface area contributed by atoms with E-state index in [0.29, 0.717) is 26.4 Å². The standard InChI is InChI=1S/C45H42N2O5S2/c1-44(2,3)29-19-28(39(48)34(22-29)45(4,5)6)23-46-30-9-11-31(12-10-30)47-35-13-7-26(42-40-37(24-53-42)49-15-17-51-40)20-32(35)33-21-27(8-14-36(33)47)43-41-38(25-54-43)50-16-18-52-41/h7-14,19-25,48H,15-18H2,1-6H3. The number of hydrogen-bond donors (Lipinski definition) is 1. The molecule has 9 rings (SSSR count). The van der Waals surface area contributed by atoms with Crippen LogP contribution >= 0.6 is 22.7 Å². The van der Waals surface area contributed by atoms with Crippen molar-refractivity contribution in [2.75, 3.05) is 26.4 Å². The van der Waals surface area contributed by atoms with Crippen LogP contribution < -0.4 is 18.9 Å². The van der Waals surface area contributed by atoms with Gasteiger partial charge in [0.1, 0.15) is 32.2 Å². The van der Waals surface area contributed by atoms with Crippen molar-refractivity contribution in [2.45, 2.75) is 52.4 Å². The predicted molar refractivity (Wildman–Crippen MR) is 222 cm³/mol. The average molecular weight is 755 g/mol. The van der Waals surface area contributed by atoms with Gasteiger partial charge < -0.3 is 28.6 Å². The van der Waals surface area contributed by atoms with Crippen LogP contribution in [0.3, 0.4) is 0 Å². The molecule has 0 amide bonds. The Kier molecular flexibility index (Phi) is 8.28. The average Bonchev–Trinajstić information content (AvgIpc) is 3.87. The Labute approximate surface area is 323 Å². The van der Waals surface area contributed by atoms with Crippen LogP contribution in [0.2, 0.25) is 0 Å². The molecule has 3 aromatic heterocycles. The number of phenolic OH excluding ortho intramolecular Hbond substituents is 1. The van der Waals surface area contributed by atoms with Crippen molar-refractivity contribution in [2.24, 2.45) is 4.99 Å². The summed E-state index contributed by atoms with van der Waals surface area (Å²) in [5.41, 5.74) is 8.72. The Morgan fingerprint density at radius 2 is 1.19 bits per heavy atom. The third-order valence-corrected chi connectivity index (χ3v) is 12.1. The fourth-order valence-electron chi connectivity index (χ4n) is 7.30.